The van der Waals surface area contributed by atoms with Gasteiger partial charge in [-0.25, -0.2) is 9.97 Å². The molecule has 0 fully saturated rings. The first-order valence-electron chi connectivity index (χ1n) is 6.93. The third-order valence-corrected chi connectivity index (χ3v) is 3.06. The quantitative estimate of drug-likeness (QED) is 0.842. The molecule has 0 aromatic carbocycles. The van der Waals surface area contributed by atoms with Crippen LogP contribution < -0.4 is 10.2 Å². The average Bonchev–Trinajstić information content (AvgIpc) is 2.34. The van der Waals surface area contributed by atoms with Gasteiger partial charge in [0, 0.05) is 31.1 Å². The van der Waals surface area contributed by atoms with Crippen molar-refractivity contribution >= 4 is 11.6 Å². The van der Waals surface area contributed by atoms with Gasteiger partial charge in [0.05, 0.1) is 0 Å². The normalized spacial score (nSPS) is 10.8. The van der Waals surface area contributed by atoms with Gasteiger partial charge in [-0.15, -0.1) is 0 Å². The number of aromatic nitrogens is 2. The zero-order valence-electron chi connectivity index (χ0n) is 12.5. The Morgan fingerprint density at radius 1 is 1.17 bits per heavy atom. The number of hydrogen-bond donors (Lipinski definition) is 1. The third kappa shape index (κ3) is 3.12. The Balaban J connectivity index is 3.27. The maximum absolute atomic E-state index is 4.70. The topological polar surface area (TPSA) is 41.1 Å². The van der Waals surface area contributed by atoms with Crippen LogP contribution in [0.3, 0.4) is 0 Å². The summed E-state index contributed by atoms with van der Waals surface area (Å²) in [6.07, 6.45) is 0.862. The molecule has 0 bridgehead atoms. The first kappa shape index (κ1) is 14.7. The van der Waals surface area contributed by atoms with Gasteiger partial charge in [-0.1, -0.05) is 6.92 Å². The Morgan fingerprint density at radius 3 is 2.28 bits per heavy atom. The molecule has 1 aromatic rings. The molecule has 1 N–H and O–H groups in total. The van der Waals surface area contributed by atoms with Gasteiger partial charge in [0.2, 0.25) is 0 Å². The highest BCUT2D eigenvalue weighted by Gasteiger charge is 2.17. The molecule has 4 heteroatoms. The summed E-state index contributed by atoms with van der Waals surface area (Å²) in [7, 11) is 0. The Bertz CT molecular complexity index is 388. The number of nitrogens with one attached hydrogen (secondary N) is 1. The van der Waals surface area contributed by atoms with Crippen LogP contribution in [0.5, 0.6) is 0 Å². The van der Waals surface area contributed by atoms with E-state index in [1.165, 1.54) is 0 Å². The smallest absolute Gasteiger partial charge is 0.137 e. The Kier molecular flexibility index (Phi) is 5.38. The van der Waals surface area contributed by atoms with Crippen molar-refractivity contribution in [3.63, 3.8) is 0 Å². The van der Waals surface area contributed by atoms with E-state index in [-0.39, 0.29) is 0 Å². The molecule has 1 aromatic heterocycles. The number of rotatable bonds is 6. The summed E-state index contributed by atoms with van der Waals surface area (Å²) in [5, 5.41) is 3.33. The van der Waals surface area contributed by atoms with Crippen LogP contribution in [0.15, 0.2) is 0 Å². The van der Waals surface area contributed by atoms with Crippen LogP contribution in [-0.2, 0) is 6.42 Å². The fourth-order valence-electron chi connectivity index (χ4n) is 2.09. The van der Waals surface area contributed by atoms with Crippen LogP contribution in [-0.4, -0.2) is 29.1 Å². The molecule has 18 heavy (non-hydrogen) atoms. The van der Waals surface area contributed by atoms with Gasteiger partial charge in [0.1, 0.15) is 17.5 Å². The second-order valence-electron chi connectivity index (χ2n) is 4.70. The van der Waals surface area contributed by atoms with E-state index in [0.717, 1.165) is 42.5 Å². The lowest BCUT2D eigenvalue weighted by atomic mass is 10.2. The molecule has 0 spiro atoms. The van der Waals surface area contributed by atoms with Gasteiger partial charge >= 0.3 is 0 Å². The molecule has 102 valence electrons. The Morgan fingerprint density at radius 2 is 1.83 bits per heavy atom. The summed E-state index contributed by atoms with van der Waals surface area (Å²) in [5.41, 5.74) is 1.14. The van der Waals surface area contributed by atoms with Gasteiger partial charge in [-0.2, -0.15) is 0 Å². The number of nitrogens with zero attached hydrogens (tertiary/aromatic N) is 3. The minimum absolute atomic E-state index is 0.447. The monoisotopic (exact) mass is 250 g/mol. The minimum Gasteiger partial charge on any atom is -0.370 e. The molecule has 0 aliphatic rings. The van der Waals surface area contributed by atoms with E-state index in [4.69, 9.17) is 4.98 Å². The van der Waals surface area contributed by atoms with E-state index in [9.17, 15) is 0 Å². The van der Waals surface area contributed by atoms with Crippen LogP contribution in [0.4, 0.5) is 11.6 Å². The lowest BCUT2D eigenvalue weighted by molar-refractivity contribution is 0.685. The number of anilines is 2. The lowest BCUT2D eigenvalue weighted by Crippen LogP contribution is -2.32. The van der Waals surface area contributed by atoms with Crippen molar-refractivity contribution in [2.75, 3.05) is 23.3 Å². The molecular weight excluding hydrogens is 224 g/mol. The molecule has 0 unspecified atom stereocenters. The fraction of sp³-hybridized carbons (Fsp3) is 0.714. The highest BCUT2D eigenvalue weighted by molar-refractivity contribution is 5.59. The highest BCUT2D eigenvalue weighted by atomic mass is 15.2. The number of aryl methyl sites for hydroxylation is 1. The van der Waals surface area contributed by atoms with Crippen LogP contribution >= 0.6 is 0 Å². The van der Waals surface area contributed by atoms with Gasteiger partial charge in [0.25, 0.3) is 0 Å². The predicted octanol–water partition coefficient (Wildman–Crippen LogP) is 3.01. The van der Waals surface area contributed by atoms with Crippen LogP contribution in [0, 0.1) is 6.92 Å². The highest BCUT2D eigenvalue weighted by Crippen LogP contribution is 2.25. The standard InChI is InChI=1S/C14H26N4/c1-7-12-16-13(15-8-2)11(6)14(17-12)18(9-3)10(4)5/h10H,7-9H2,1-6H3,(H,15,16,17). The summed E-state index contributed by atoms with van der Waals surface area (Å²) < 4.78 is 0. The molecule has 0 atom stereocenters. The second kappa shape index (κ2) is 6.57. The molecule has 0 amide bonds. The van der Waals surface area contributed by atoms with Crippen LogP contribution in [0.25, 0.3) is 0 Å². The van der Waals surface area contributed by atoms with Crippen LogP contribution in [0.2, 0.25) is 0 Å². The summed E-state index contributed by atoms with van der Waals surface area (Å²) in [5.74, 6) is 2.94. The molecule has 4 nitrogen and oxygen atoms in total. The maximum atomic E-state index is 4.70. The van der Waals surface area contributed by atoms with Gasteiger partial charge < -0.3 is 10.2 Å². The second-order valence-corrected chi connectivity index (χ2v) is 4.70. The van der Waals surface area contributed by atoms with Gasteiger partial charge in [-0.3, -0.25) is 0 Å². The summed E-state index contributed by atoms with van der Waals surface area (Å²) in [4.78, 5) is 11.6. The Labute approximate surface area is 111 Å². The molecule has 0 saturated heterocycles. The largest absolute Gasteiger partial charge is 0.370 e. The van der Waals surface area contributed by atoms with Crippen molar-refractivity contribution in [3.05, 3.63) is 11.4 Å². The van der Waals surface area contributed by atoms with Crippen molar-refractivity contribution in [1.29, 1.82) is 0 Å². The first-order valence-corrected chi connectivity index (χ1v) is 6.93. The summed E-state index contributed by atoms with van der Waals surface area (Å²) in [6.45, 7) is 14.7. The van der Waals surface area contributed by atoms with Crippen LogP contribution in [0.1, 0.15) is 46.0 Å². The number of hydrogen-bond acceptors (Lipinski definition) is 4. The fourth-order valence-corrected chi connectivity index (χ4v) is 2.09. The van der Waals surface area contributed by atoms with Crippen molar-refractivity contribution < 1.29 is 0 Å². The van der Waals surface area contributed by atoms with E-state index < -0.39 is 0 Å². The van der Waals surface area contributed by atoms with E-state index >= 15 is 0 Å². The Hall–Kier alpha value is -1.32. The lowest BCUT2D eigenvalue weighted by Gasteiger charge is -2.28. The van der Waals surface area contributed by atoms with Gasteiger partial charge in [0.15, 0.2) is 0 Å². The van der Waals surface area contributed by atoms with Crippen molar-refractivity contribution in [2.24, 2.45) is 0 Å². The average molecular weight is 250 g/mol. The first-order chi connectivity index (χ1) is 8.54. The van der Waals surface area contributed by atoms with Crippen molar-refractivity contribution in [3.8, 4) is 0 Å². The van der Waals surface area contributed by atoms with E-state index in [1.54, 1.807) is 0 Å². The molecule has 0 aliphatic carbocycles. The molecular formula is C14H26N4. The molecule has 1 rings (SSSR count). The molecule has 0 aliphatic heterocycles. The summed E-state index contributed by atoms with van der Waals surface area (Å²) >= 11 is 0. The SMILES string of the molecule is CCNc1nc(CC)nc(N(CC)C(C)C)c1C. The molecule has 0 radical (unpaired) electrons. The third-order valence-electron chi connectivity index (χ3n) is 3.06. The minimum atomic E-state index is 0.447. The van der Waals surface area contributed by atoms with Crippen molar-refractivity contribution in [2.45, 2.75) is 54.0 Å². The maximum Gasteiger partial charge on any atom is 0.137 e. The van der Waals surface area contributed by atoms with Gasteiger partial charge in [-0.05, 0) is 34.6 Å². The zero-order valence-corrected chi connectivity index (χ0v) is 12.5. The van der Waals surface area contributed by atoms with E-state index in [2.05, 4.69) is 56.7 Å². The van der Waals surface area contributed by atoms with E-state index in [0.29, 0.717) is 6.04 Å². The zero-order chi connectivity index (χ0) is 13.7. The molecule has 0 saturated carbocycles. The summed E-state index contributed by atoms with van der Waals surface area (Å²) in [6, 6.07) is 0.447. The molecule has 1 heterocycles. The van der Waals surface area contributed by atoms with Crippen molar-refractivity contribution in [1.82, 2.24) is 9.97 Å². The predicted molar refractivity (Wildman–Crippen MR) is 78.5 cm³/mol. The van der Waals surface area contributed by atoms with E-state index in [1.807, 2.05) is 0 Å².